The Bertz CT molecular complexity index is 570. The largest absolute Gasteiger partial charge is 0.401 e. The van der Waals surface area contributed by atoms with Gasteiger partial charge in [-0.3, -0.25) is 9.88 Å². The minimum absolute atomic E-state index is 0.167. The zero-order valence-corrected chi connectivity index (χ0v) is 11.6. The van der Waals surface area contributed by atoms with Crippen LogP contribution in [-0.2, 0) is 6.42 Å². The van der Waals surface area contributed by atoms with Crippen LogP contribution in [0.2, 0.25) is 0 Å². The molecule has 0 saturated heterocycles. The molecule has 0 aliphatic carbocycles. The molecule has 1 atom stereocenters. The van der Waals surface area contributed by atoms with Crippen LogP contribution in [0, 0.1) is 0 Å². The number of halogens is 3. The molecule has 8 heteroatoms. The summed E-state index contributed by atoms with van der Waals surface area (Å²) in [4.78, 5) is 9.23. The minimum Gasteiger partial charge on any atom is -0.338 e. The zero-order valence-electron chi connectivity index (χ0n) is 11.6. The Morgan fingerprint density at radius 2 is 2.14 bits per heavy atom. The van der Waals surface area contributed by atoms with Crippen molar-refractivity contribution in [3.05, 3.63) is 41.8 Å². The topological polar surface area (TPSA) is 55.1 Å². The number of hydrogen-bond acceptors (Lipinski definition) is 5. The molecule has 0 radical (unpaired) electrons. The van der Waals surface area contributed by atoms with E-state index >= 15 is 0 Å². The molecule has 21 heavy (non-hydrogen) atoms. The third-order valence-corrected chi connectivity index (χ3v) is 3.02. The lowest BCUT2D eigenvalue weighted by molar-refractivity contribution is -0.147. The molecule has 0 amide bonds. The smallest absolute Gasteiger partial charge is 0.338 e. The van der Waals surface area contributed by atoms with E-state index in [1.165, 1.54) is 7.05 Å². The third kappa shape index (κ3) is 4.52. The Balaban J connectivity index is 2.02. The van der Waals surface area contributed by atoms with Crippen LogP contribution < -0.4 is 0 Å². The normalized spacial score (nSPS) is 13.6. The first-order valence-corrected chi connectivity index (χ1v) is 6.33. The highest BCUT2D eigenvalue weighted by molar-refractivity contribution is 5.13. The van der Waals surface area contributed by atoms with E-state index in [-0.39, 0.29) is 5.89 Å². The molecule has 2 heterocycles. The van der Waals surface area contributed by atoms with Gasteiger partial charge in [-0.2, -0.15) is 18.2 Å². The second kappa shape index (κ2) is 6.21. The van der Waals surface area contributed by atoms with Crippen molar-refractivity contribution in [2.75, 3.05) is 13.6 Å². The van der Waals surface area contributed by atoms with Gasteiger partial charge < -0.3 is 4.52 Å². The molecule has 0 saturated carbocycles. The monoisotopic (exact) mass is 300 g/mol. The van der Waals surface area contributed by atoms with Gasteiger partial charge in [0.15, 0.2) is 5.82 Å². The van der Waals surface area contributed by atoms with E-state index < -0.39 is 18.8 Å². The van der Waals surface area contributed by atoms with Crippen LogP contribution in [0.4, 0.5) is 13.2 Å². The average molecular weight is 300 g/mol. The molecular weight excluding hydrogens is 285 g/mol. The van der Waals surface area contributed by atoms with Crippen LogP contribution in [-0.4, -0.2) is 39.8 Å². The lowest BCUT2D eigenvalue weighted by Crippen LogP contribution is -2.33. The van der Waals surface area contributed by atoms with E-state index in [0.717, 1.165) is 10.5 Å². The maximum Gasteiger partial charge on any atom is 0.401 e. The van der Waals surface area contributed by atoms with Gasteiger partial charge in [-0.15, -0.1) is 0 Å². The first-order valence-electron chi connectivity index (χ1n) is 6.33. The number of alkyl halides is 3. The van der Waals surface area contributed by atoms with Gasteiger partial charge in [0, 0.05) is 18.8 Å². The van der Waals surface area contributed by atoms with Crippen molar-refractivity contribution in [1.82, 2.24) is 20.0 Å². The van der Waals surface area contributed by atoms with Crippen molar-refractivity contribution in [2.24, 2.45) is 0 Å². The molecular formula is C13H15F3N4O. The van der Waals surface area contributed by atoms with Gasteiger partial charge in [0.2, 0.25) is 5.89 Å². The molecule has 0 aliphatic heterocycles. The van der Waals surface area contributed by atoms with Crippen LogP contribution >= 0.6 is 0 Å². The second-order valence-electron chi connectivity index (χ2n) is 4.79. The van der Waals surface area contributed by atoms with Crippen molar-refractivity contribution in [2.45, 2.75) is 25.6 Å². The standard InChI is InChI=1S/C13H15F3N4O/c1-9(20(2)8-13(14,15)16)12-18-11(19-21-12)6-10-4-3-5-17-7-10/h3-5,7,9H,6,8H2,1-2H3/t9-/m1/s1. The van der Waals surface area contributed by atoms with Crippen LogP contribution in [0.1, 0.15) is 30.2 Å². The van der Waals surface area contributed by atoms with Crippen molar-refractivity contribution in [3.8, 4) is 0 Å². The van der Waals surface area contributed by atoms with Gasteiger partial charge in [-0.25, -0.2) is 0 Å². The quantitative estimate of drug-likeness (QED) is 0.849. The summed E-state index contributed by atoms with van der Waals surface area (Å²) in [6.45, 7) is 0.557. The average Bonchev–Trinajstić information content (AvgIpc) is 2.85. The predicted octanol–water partition coefficient (Wildman–Crippen LogP) is 2.61. The van der Waals surface area contributed by atoms with Crippen molar-refractivity contribution >= 4 is 0 Å². The van der Waals surface area contributed by atoms with E-state index in [1.807, 2.05) is 6.07 Å². The number of pyridine rings is 1. The number of hydrogen-bond donors (Lipinski definition) is 0. The van der Waals surface area contributed by atoms with Crippen molar-refractivity contribution in [1.29, 1.82) is 0 Å². The second-order valence-corrected chi connectivity index (χ2v) is 4.79. The molecule has 0 aliphatic rings. The van der Waals surface area contributed by atoms with Gasteiger partial charge in [0.05, 0.1) is 12.6 Å². The Kier molecular flexibility index (Phi) is 4.56. The van der Waals surface area contributed by atoms with Crippen LogP contribution in [0.5, 0.6) is 0 Å². The summed E-state index contributed by atoms with van der Waals surface area (Å²) < 4.78 is 42.1. The molecule has 0 unspecified atom stereocenters. The van der Waals surface area contributed by atoms with Crippen LogP contribution in [0.3, 0.4) is 0 Å². The highest BCUT2D eigenvalue weighted by Gasteiger charge is 2.32. The third-order valence-electron chi connectivity index (χ3n) is 3.02. The van der Waals surface area contributed by atoms with E-state index in [2.05, 4.69) is 15.1 Å². The van der Waals surface area contributed by atoms with E-state index in [0.29, 0.717) is 12.2 Å². The molecule has 0 N–H and O–H groups in total. The predicted molar refractivity (Wildman–Crippen MR) is 68.4 cm³/mol. The SMILES string of the molecule is C[C@H](c1nc(Cc2cccnc2)no1)N(C)CC(F)(F)F. The Hall–Kier alpha value is -1.96. The number of nitrogens with zero attached hydrogens (tertiary/aromatic N) is 4. The molecule has 2 rings (SSSR count). The fourth-order valence-electron chi connectivity index (χ4n) is 1.80. The lowest BCUT2D eigenvalue weighted by atomic mass is 10.2. The summed E-state index contributed by atoms with van der Waals surface area (Å²) in [5, 5.41) is 3.79. The summed E-state index contributed by atoms with van der Waals surface area (Å²) in [6, 6.07) is 3.04. The van der Waals surface area contributed by atoms with Gasteiger partial charge in [-0.1, -0.05) is 11.2 Å². The summed E-state index contributed by atoms with van der Waals surface area (Å²) >= 11 is 0. The van der Waals surface area contributed by atoms with Crippen LogP contribution in [0.15, 0.2) is 29.0 Å². The number of aromatic nitrogens is 3. The Morgan fingerprint density at radius 1 is 1.38 bits per heavy atom. The molecule has 2 aromatic heterocycles. The molecule has 5 nitrogen and oxygen atoms in total. The van der Waals surface area contributed by atoms with Gasteiger partial charge in [-0.05, 0) is 25.6 Å². The lowest BCUT2D eigenvalue weighted by Gasteiger charge is -2.22. The highest BCUT2D eigenvalue weighted by Crippen LogP contribution is 2.23. The maximum absolute atomic E-state index is 12.4. The molecule has 0 bridgehead atoms. The summed E-state index contributed by atoms with van der Waals surface area (Å²) in [6.07, 6.45) is -0.511. The summed E-state index contributed by atoms with van der Waals surface area (Å²) in [5.74, 6) is 0.589. The van der Waals surface area contributed by atoms with Gasteiger partial charge >= 0.3 is 6.18 Å². The summed E-state index contributed by atoms with van der Waals surface area (Å²) in [5.41, 5.74) is 0.904. The van der Waals surface area contributed by atoms with Gasteiger partial charge in [0.1, 0.15) is 0 Å². The zero-order chi connectivity index (χ0) is 15.5. The molecule has 0 fully saturated rings. The van der Waals surface area contributed by atoms with Gasteiger partial charge in [0.25, 0.3) is 0 Å². The van der Waals surface area contributed by atoms with E-state index in [1.54, 1.807) is 25.4 Å². The molecule has 0 aromatic carbocycles. The molecule has 114 valence electrons. The first kappa shape index (κ1) is 15.4. The molecule has 0 spiro atoms. The van der Waals surface area contributed by atoms with Crippen molar-refractivity contribution in [3.63, 3.8) is 0 Å². The number of rotatable bonds is 5. The molecule has 2 aromatic rings. The van der Waals surface area contributed by atoms with Crippen LogP contribution in [0.25, 0.3) is 0 Å². The van der Waals surface area contributed by atoms with E-state index in [4.69, 9.17) is 4.52 Å². The van der Waals surface area contributed by atoms with Crippen molar-refractivity contribution < 1.29 is 17.7 Å². The minimum atomic E-state index is -4.26. The summed E-state index contributed by atoms with van der Waals surface area (Å²) in [7, 11) is 1.36. The highest BCUT2D eigenvalue weighted by atomic mass is 19.4. The Morgan fingerprint density at radius 3 is 2.76 bits per heavy atom. The Labute approximate surface area is 119 Å². The first-order chi connectivity index (χ1) is 9.85. The van der Waals surface area contributed by atoms with E-state index in [9.17, 15) is 13.2 Å². The maximum atomic E-state index is 12.4. The fraction of sp³-hybridized carbons (Fsp3) is 0.462. The fourth-order valence-corrected chi connectivity index (χ4v) is 1.80.